The third kappa shape index (κ3) is 5.34. The number of rotatable bonds is 5. The van der Waals surface area contributed by atoms with Crippen LogP contribution in [0.3, 0.4) is 0 Å². The molecule has 0 spiro atoms. The van der Waals surface area contributed by atoms with Gasteiger partial charge in [0.1, 0.15) is 6.04 Å². The van der Waals surface area contributed by atoms with Crippen molar-refractivity contribution in [3.05, 3.63) is 35.9 Å². The van der Waals surface area contributed by atoms with E-state index in [-0.39, 0.29) is 24.9 Å². The van der Waals surface area contributed by atoms with Gasteiger partial charge in [-0.05, 0) is 12.5 Å². The predicted octanol–water partition coefficient (Wildman–Crippen LogP) is 1.83. The summed E-state index contributed by atoms with van der Waals surface area (Å²) < 4.78 is 4.76. The Bertz CT molecular complexity index is 376. The number of carbonyl (C=O) groups is 1. The molecule has 1 aromatic carbocycles. The Kier molecular flexibility index (Phi) is 7.78. The molecule has 0 aliphatic heterocycles. The fraction of sp³-hybridized carbons (Fsp3) is 0.333. The number of carbonyl (C=O) groups excluding carboxylic acids is 1. The summed E-state index contributed by atoms with van der Waals surface area (Å²) in [4.78, 5) is 11.1. The van der Waals surface area contributed by atoms with Crippen LogP contribution in [0, 0.1) is 11.3 Å². The van der Waals surface area contributed by atoms with Crippen LogP contribution in [0.5, 0.6) is 0 Å². The molecule has 5 heteroatoms. The monoisotopic (exact) mass is 254 g/mol. The third-order valence-electron chi connectivity index (χ3n) is 2.02. The summed E-state index contributed by atoms with van der Waals surface area (Å²) in [6.45, 7) is 2.14. The van der Waals surface area contributed by atoms with Gasteiger partial charge in [0.15, 0.2) is 0 Å². The van der Waals surface area contributed by atoms with E-state index in [4.69, 9.17) is 10.00 Å². The molecule has 1 aromatic rings. The molecular weight excluding hydrogens is 240 g/mol. The molecule has 17 heavy (non-hydrogen) atoms. The van der Waals surface area contributed by atoms with E-state index in [2.05, 4.69) is 11.4 Å². The number of hydrogen-bond acceptors (Lipinski definition) is 4. The van der Waals surface area contributed by atoms with Gasteiger partial charge in [-0.2, -0.15) is 5.26 Å². The SMILES string of the molecule is CCOC(=O)CNC(C#N)c1ccccc1.Cl. The minimum absolute atomic E-state index is 0. The summed E-state index contributed by atoms with van der Waals surface area (Å²) in [5.41, 5.74) is 0.842. The maximum absolute atomic E-state index is 11.1. The van der Waals surface area contributed by atoms with Gasteiger partial charge in [0, 0.05) is 0 Å². The molecule has 4 nitrogen and oxygen atoms in total. The Balaban J connectivity index is 0.00000256. The van der Waals surface area contributed by atoms with E-state index < -0.39 is 6.04 Å². The highest BCUT2D eigenvalue weighted by molar-refractivity contribution is 5.85. The first-order valence-corrected chi connectivity index (χ1v) is 5.11. The number of halogens is 1. The predicted molar refractivity (Wildman–Crippen MR) is 66.7 cm³/mol. The van der Waals surface area contributed by atoms with Crippen LogP contribution in [0.1, 0.15) is 18.5 Å². The van der Waals surface area contributed by atoms with Crippen molar-refractivity contribution in [1.82, 2.24) is 5.32 Å². The number of esters is 1. The van der Waals surface area contributed by atoms with Gasteiger partial charge in [-0.1, -0.05) is 30.3 Å². The van der Waals surface area contributed by atoms with Crippen molar-refractivity contribution < 1.29 is 9.53 Å². The van der Waals surface area contributed by atoms with Crippen LogP contribution in [-0.4, -0.2) is 19.1 Å². The van der Waals surface area contributed by atoms with Crippen LogP contribution in [-0.2, 0) is 9.53 Å². The van der Waals surface area contributed by atoms with E-state index in [1.54, 1.807) is 6.92 Å². The first-order valence-electron chi connectivity index (χ1n) is 5.11. The lowest BCUT2D eigenvalue weighted by molar-refractivity contribution is -0.142. The lowest BCUT2D eigenvalue weighted by atomic mass is 10.1. The molecule has 1 unspecified atom stereocenters. The minimum atomic E-state index is -0.481. The fourth-order valence-electron chi connectivity index (χ4n) is 1.28. The summed E-state index contributed by atoms with van der Waals surface area (Å²) in [7, 11) is 0. The quantitative estimate of drug-likeness (QED) is 0.815. The zero-order valence-corrected chi connectivity index (χ0v) is 10.4. The molecule has 0 saturated carbocycles. The maximum atomic E-state index is 11.1. The molecule has 1 atom stereocenters. The second-order valence-electron chi connectivity index (χ2n) is 3.16. The van der Waals surface area contributed by atoms with Crippen molar-refractivity contribution in [3.8, 4) is 6.07 Å². The van der Waals surface area contributed by atoms with Crippen LogP contribution >= 0.6 is 12.4 Å². The normalized spacial score (nSPS) is 10.8. The van der Waals surface area contributed by atoms with Gasteiger partial charge in [0.2, 0.25) is 0 Å². The van der Waals surface area contributed by atoms with Gasteiger partial charge in [0.05, 0.1) is 19.2 Å². The van der Waals surface area contributed by atoms with Crippen molar-refractivity contribution >= 4 is 18.4 Å². The molecule has 1 N–H and O–H groups in total. The second-order valence-corrected chi connectivity index (χ2v) is 3.16. The smallest absolute Gasteiger partial charge is 0.319 e. The minimum Gasteiger partial charge on any atom is -0.465 e. The van der Waals surface area contributed by atoms with Crippen molar-refractivity contribution in [2.75, 3.05) is 13.2 Å². The molecule has 0 aliphatic rings. The molecule has 0 aliphatic carbocycles. The number of benzene rings is 1. The number of nitrogens with zero attached hydrogens (tertiary/aromatic N) is 1. The fourth-order valence-corrected chi connectivity index (χ4v) is 1.28. The highest BCUT2D eigenvalue weighted by Gasteiger charge is 2.11. The highest BCUT2D eigenvalue weighted by Crippen LogP contribution is 2.10. The molecule has 0 amide bonds. The number of hydrogen-bond donors (Lipinski definition) is 1. The van der Waals surface area contributed by atoms with Gasteiger partial charge in [-0.15, -0.1) is 12.4 Å². The van der Waals surface area contributed by atoms with Gasteiger partial charge >= 0.3 is 5.97 Å². The third-order valence-corrected chi connectivity index (χ3v) is 2.02. The summed E-state index contributed by atoms with van der Waals surface area (Å²) >= 11 is 0. The Hall–Kier alpha value is -1.57. The van der Waals surface area contributed by atoms with Crippen LogP contribution in [0.25, 0.3) is 0 Å². The highest BCUT2D eigenvalue weighted by atomic mass is 35.5. The van der Waals surface area contributed by atoms with Gasteiger partial charge in [-0.25, -0.2) is 0 Å². The zero-order chi connectivity index (χ0) is 11.8. The summed E-state index contributed by atoms with van der Waals surface area (Å²) in [6.07, 6.45) is 0. The van der Waals surface area contributed by atoms with Crippen LogP contribution < -0.4 is 5.32 Å². The summed E-state index contributed by atoms with van der Waals surface area (Å²) in [6, 6.07) is 10.9. The number of ether oxygens (including phenoxy) is 1. The molecule has 0 saturated heterocycles. The molecule has 0 fully saturated rings. The van der Waals surface area contributed by atoms with Crippen molar-refractivity contribution in [3.63, 3.8) is 0 Å². The largest absolute Gasteiger partial charge is 0.465 e. The molecule has 0 heterocycles. The van der Waals surface area contributed by atoms with E-state index in [9.17, 15) is 4.79 Å². The van der Waals surface area contributed by atoms with Crippen molar-refractivity contribution in [2.45, 2.75) is 13.0 Å². The van der Waals surface area contributed by atoms with Crippen LogP contribution in [0.2, 0.25) is 0 Å². The van der Waals surface area contributed by atoms with E-state index >= 15 is 0 Å². The Morgan fingerprint density at radius 2 is 2.12 bits per heavy atom. The van der Waals surface area contributed by atoms with E-state index in [0.29, 0.717) is 6.61 Å². The molecule has 0 radical (unpaired) electrons. The topological polar surface area (TPSA) is 62.1 Å². The van der Waals surface area contributed by atoms with E-state index in [1.807, 2.05) is 30.3 Å². The lowest BCUT2D eigenvalue weighted by Gasteiger charge is -2.10. The molecule has 1 rings (SSSR count). The standard InChI is InChI=1S/C12H14N2O2.ClH/c1-2-16-12(15)9-14-11(8-13)10-6-4-3-5-7-10;/h3-7,11,14H,2,9H2,1H3;1H. The van der Waals surface area contributed by atoms with Crippen molar-refractivity contribution in [2.24, 2.45) is 0 Å². The summed E-state index contributed by atoms with van der Waals surface area (Å²) in [5.74, 6) is -0.348. The average Bonchev–Trinajstić information content (AvgIpc) is 2.31. The molecule has 0 bridgehead atoms. The van der Waals surface area contributed by atoms with E-state index in [0.717, 1.165) is 5.56 Å². The molecular formula is C12H15ClN2O2. The first kappa shape index (κ1) is 15.4. The van der Waals surface area contributed by atoms with Gasteiger partial charge in [-0.3, -0.25) is 10.1 Å². The van der Waals surface area contributed by atoms with Crippen molar-refractivity contribution in [1.29, 1.82) is 5.26 Å². The average molecular weight is 255 g/mol. The Morgan fingerprint density at radius 3 is 2.65 bits per heavy atom. The number of nitrogens with one attached hydrogen (secondary N) is 1. The van der Waals surface area contributed by atoms with Gasteiger partial charge < -0.3 is 4.74 Å². The lowest BCUT2D eigenvalue weighted by Crippen LogP contribution is -2.28. The molecule has 92 valence electrons. The number of nitriles is 1. The Morgan fingerprint density at radius 1 is 1.47 bits per heavy atom. The zero-order valence-electron chi connectivity index (χ0n) is 9.55. The van der Waals surface area contributed by atoms with Crippen LogP contribution in [0.15, 0.2) is 30.3 Å². The second kappa shape index (κ2) is 8.57. The van der Waals surface area contributed by atoms with Crippen LogP contribution in [0.4, 0.5) is 0 Å². The first-order chi connectivity index (χ1) is 7.77. The molecule has 0 aromatic heterocycles. The van der Waals surface area contributed by atoms with Gasteiger partial charge in [0.25, 0.3) is 0 Å². The Labute approximate surface area is 107 Å². The van der Waals surface area contributed by atoms with E-state index in [1.165, 1.54) is 0 Å². The maximum Gasteiger partial charge on any atom is 0.319 e. The summed E-state index contributed by atoms with van der Waals surface area (Å²) in [5, 5.41) is 11.8.